The molecule has 0 aliphatic carbocycles. The molecule has 166 valence electrons. The van der Waals surface area contributed by atoms with Gasteiger partial charge < -0.3 is 24.8 Å². The van der Waals surface area contributed by atoms with Crippen molar-refractivity contribution in [2.45, 2.75) is 82.1 Å². The van der Waals surface area contributed by atoms with E-state index in [-0.39, 0.29) is 24.3 Å². The van der Waals surface area contributed by atoms with Crippen LogP contribution in [0.1, 0.15) is 45.4 Å². The molecule has 6 atom stereocenters. The number of aliphatic hydroxyl groups is 3. The van der Waals surface area contributed by atoms with Crippen molar-refractivity contribution in [1.82, 2.24) is 0 Å². The number of aliphatic hydroxyl groups excluding tert-OH is 3. The van der Waals surface area contributed by atoms with Gasteiger partial charge in [-0.1, -0.05) is 54.7 Å². The molecule has 0 amide bonds. The fraction of sp³-hybridized carbons (Fsp3) is 0.542. The second kappa shape index (κ2) is 13.3. The van der Waals surface area contributed by atoms with Crippen LogP contribution in [0.5, 0.6) is 0 Å². The summed E-state index contributed by atoms with van der Waals surface area (Å²) in [5.74, 6) is -0.387. The van der Waals surface area contributed by atoms with Gasteiger partial charge in [0.1, 0.15) is 12.2 Å². The molecule has 0 radical (unpaired) electrons. The van der Waals surface area contributed by atoms with E-state index in [0.29, 0.717) is 19.3 Å². The lowest BCUT2D eigenvalue weighted by molar-refractivity contribution is -0.209. The molecule has 0 aromatic rings. The van der Waals surface area contributed by atoms with Crippen LogP contribution in [0, 0.1) is 0 Å². The van der Waals surface area contributed by atoms with Crippen molar-refractivity contribution >= 4 is 5.97 Å². The van der Waals surface area contributed by atoms with Crippen molar-refractivity contribution in [3.63, 3.8) is 0 Å². The summed E-state index contributed by atoms with van der Waals surface area (Å²) in [7, 11) is 0. The highest BCUT2D eigenvalue weighted by Crippen LogP contribution is 2.27. The van der Waals surface area contributed by atoms with E-state index in [1.807, 2.05) is 25.2 Å². The number of ether oxygens (including phenoxy) is 2. The van der Waals surface area contributed by atoms with E-state index in [1.54, 1.807) is 36.5 Å². The Labute approximate surface area is 178 Å². The van der Waals surface area contributed by atoms with Crippen molar-refractivity contribution in [3.8, 4) is 0 Å². The van der Waals surface area contributed by atoms with Gasteiger partial charge in [-0.2, -0.15) is 0 Å². The minimum absolute atomic E-state index is 0.179. The van der Waals surface area contributed by atoms with Gasteiger partial charge in [0.05, 0.1) is 24.4 Å². The number of esters is 1. The topological polar surface area (TPSA) is 96.2 Å². The lowest BCUT2D eigenvalue weighted by atomic mass is 9.94. The van der Waals surface area contributed by atoms with E-state index in [2.05, 4.69) is 0 Å². The predicted molar refractivity (Wildman–Crippen MR) is 116 cm³/mol. The zero-order valence-electron chi connectivity index (χ0n) is 17.5. The van der Waals surface area contributed by atoms with Crippen LogP contribution in [-0.4, -0.2) is 57.9 Å². The number of fused-ring (bicyclic) bond motifs is 15. The molecule has 1 fully saturated rings. The maximum Gasteiger partial charge on any atom is 0.331 e. The molecule has 6 heteroatoms. The summed E-state index contributed by atoms with van der Waals surface area (Å²) in [6.07, 6.45) is 18.2. The SMILES string of the molecule is C[C@H]1CCC/C=C/[C@@H]2O[C@H](C[C@@H](O)C/C=C\C=C\[C@@H](O)C/C=C/C=C\C(=O)O1)[C@H]2O. The Morgan fingerprint density at radius 2 is 1.73 bits per heavy atom. The fourth-order valence-electron chi connectivity index (χ4n) is 3.27. The number of hydrogen-bond donors (Lipinski definition) is 3. The molecule has 0 saturated carbocycles. The van der Waals surface area contributed by atoms with Gasteiger partial charge in [-0.25, -0.2) is 4.79 Å². The van der Waals surface area contributed by atoms with E-state index in [9.17, 15) is 20.1 Å². The summed E-state index contributed by atoms with van der Waals surface area (Å²) >= 11 is 0. The van der Waals surface area contributed by atoms with Crippen molar-refractivity contribution in [2.24, 2.45) is 0 Å². The van der Waals surface area contributed by atoms with Crippen molar-refractivity contribution in [2.75, 3.05) is 0 Å². The summed E-state index contributed by atoms with van der Waals surface area (Å²) in [5, 5.41) is 30.2. The highest BCUT2D eigenvalue weighted by Gasteiger charge is 2.40. The van der Waals surface area contributed by atoms with E-state index < -0.39 is 18.3 Å². The van der Waals surface area contributed by atoms with Crippen molar-refractivity contribution in [3.05, 3.63) is 60.8 Å². The van der Waals surface area contributed by atoms with Crippen LogP contribution >= 0.6 is 0 Å². The Morgan fingerprint density at radius 3 is 2.53 bits per heavy atom. The summed E-state index contributed by atoms with van der Waals surface area (Å²) in [4.78, 5) is 11.8. The molecule has 3 N–H and O–H groups in total. The summed E-state index contributed by atoms with van der Waals surface area (Å²) in [5.41, 5.74) is 0. The summed E-state index contributed by atoms with van der Waals surface area (Å²) in [6, 6.07) is 0. The van der Waals surface area contributed by atoms with Gasteiger partial charge in [-0.05, 0) is 39.0 Å². The van der Waals surface area contributed by atoms with Gasteiger partial charge in [0.2, 0.25) is 0 Å². The molecule has 30 heavy (non-hydrogen) atoms. The van der Waals surface area contributed by atoms with Gasteiger partial charge in [-0.3, -0.25) is 0 Å². The Balaban J connectivity index is 1.91. The molecule has 3 aliphatic heterocycles. The van der Waals surface area contributed by atoms with Crippen LogP contribution in [0.25, 0.3) is 0 Å². The van der Waals surface area contributed by atoms with Gasteiger partial charge in [-0.15, -0.1) is 0 Å². The molecule has 2 bridgehead atoms. The van der Waals surface area contributed by atoms with Crippen LogP contribution in [0.2, 0.25) is 0 Å². The number of carbonyl (C=O) groups is 1. The third-order valence-corrected chi connectivity index (χ3v) is 5.02. The van der Waals surface area contributed by atoms with Crippen molar-refractivity contribution < 1.29 is 29.6 Å². The van der Waals surface area contributed by atoms with E-state index >= 15 is 0 Å². The normalized spacial score (nSPS) is 40.1. The second-order valence-electron chi connectivity index (χ2n) is 7.76. The second-order valence-corrected chi connectivity index (χ2v) is 7.76. The number of hydrogen-bond acceptors (Lipinski definition) is 6. The Morgan fingerprint density at radius 1 is 0.967 bits per heavy atom. The highest BCUT2D eigenvalue weighted by molar-refractivity contribution is 5.82. The van der Waals surface area contributed by atoms with E-state index in [0.717, 1.165) is 19.3 Å². The van der Waals surface area contributed by atoms with Crippen LogP contribution in [0.3, 0.4) is 0 Å². The van der Waals surface area contributed by atoms with Gasteiger partial charge >= 0.3 is 5.97 Å². The highest BCUT2D eigenvalue weighted by atomic mass is 16.6. The zero-order chi connectivity index (χ0) is 21.8. The molecule has 3 heterocycles. The Kier molecular flexibility index (Phi) is 10.8. The average molecular weight is 419 g/mol. The molecule has 0 aromatic carbocycles. The zero-order valence-corrected chi connectivity index (χ0v) is 17.5. The van der Waals surface area contributed by atoms with Crippen LogP contribution in [0.15, 0.2) is 60.8 Å². The first-order valence-corrected chi connectivity index (χ1v) is 10.7. The number of rotatable bonds is 0. The molecule has 0 aromatic heterocycles. The lowest BCUT2D eigenvalue weighted by Crippen LogP contribution is -2.53. The molecule has 3 aliphatic rings. The van der Waals surface area contributed by atoms with E-state index in [4.69, 9.17) is 9.47 Å². The fourth-order valence-corrected chi connectivity index (χ4v) is 3.27. The van der Waals surface area contributed by atoms with Crippen LogP contribution in [0.4, 0.5) is 0 Å². The van der Waals surface area contributed by atoms with Crippen molar-refractivity contribution in [1.29, 1.82) is 0 Å². The number of carbonyl (C=O) groups excluding carboxylic acids is 1. The minimum atomic E-state index is -0.634. The Bertz CT molecular complexity index is 663. The van der Waals surface area contributed by atoms with E-state index in [1.165, 1.54) is 6.08 Å². The van der Waals surface area contributed by atoms with Crippen LogP contribution < -0.4 is 0 Å². The van der Waals surface area contributed by atoms with Crippen LogP contribution in [-0.2, 0) is 14.3 Å². The minimum Gasteiger partial charge on any atom is -0.460 e. The molecule has 3 rings (SSSR count). The monoisotopic (exact) mass is 418 g/mol. The maximum absolute atomic E-state index is 11.8. The molecule has 6 nitrogen and oxygen atoms in total. The standard InChI is InChI=1S/C24H34O6/c1-18-11-5-2-9-15-21-24(28)22(30-21)17-20(26)14-8-3-6-12-19(25)13-7-4-10-16-23(27)29-18/h3-4,6-10,12,15-16,18-22,24-26,28H,2,5,11,13-14,17H2,1H3/b7-4+,8-3-,12-6+,15-9+,16-10-/t18-,19+,20-,21-,22+,24-/m0/s1. The first-order valence-electron chi connectivity index (χ1n) is 10.7. The largest absolute Gasteiger partial charge is 0.460 e. The van der Waals surface area contributed by atoms with Gasteiger partial charge in [0.25, 0.3) is 0 Å². The third kappa shape index (κ3) is 9.22. The first kappa shape index (κ1) is 24.3. The molecular formula is C24H34O6. The summed E-state index contributed by atoms with van der Waals surface area (Å²) in [6.45, 7) is 1.86. The Hall–Kier alpha value is -1.99. The lowest BCUT2D eigenvalue weighted by Gasteiger charge is -2.41. The molecule has 0 unspecified atom stereocenters. The molecular weight excluding hydrogens is 384 g/mol. The smallest absolute Gasteiger partial charge is 0.331 e. The summed E-state index contributed by atoms with van der Waals surface area (Å²) < 4.78 is 11.0. The van der Waals surface area contributed by atoms with Gasteiger partial charge in [0.15, 0.2) is 0 Å². The van der Waals surface area contributed by atoms with Gasteiger partial charge in [0, 0.05) is 12.5 Å². The number of allylic oxidation sites excluding steroid dienone is 5. The first-order chi connectivity index (χ1) is 14.5. The third-order valence-electron chi connectivity index (χ3n) is 5.02. The quantitative estimate of drug-likeness (QED) is 0.414. The molecule has 1 saturated heterocycles. The average Bonchev–Trinajstić information content (AvgIpc) is 2.70. The maximum atomic E-state index is 11.8. The molecule has 0 spiro atoms. The predicted octanol–water partition coefficient (Wildman–Crippen LogP) is 2.90.